The van der Waals surface area contributed by atoms with Gasteiger partial charge in [0.1, 0.15) is 0 Å². The van der Waals surface area contributed by atoms with E-state index >= 15 is 0 Å². The maximum Gasteiger partial charge on any atom is 0.0595 e. The van der Waals surface area contributed by atoms with E-state index < -0.39 is 0 Å². The van der Waals surface area contributed by atoms with Crippen LogP contribution in [-0.4, -0.2) is 6.54 Å². The fourth-order valence-electron chi connectivity index (χ4n) is 1.56. The number of nitrogens with one attached hydrogen (secondary N) is 1. The Morgan fingerprint density at radius 3 is 2.56 bits per heavy atom. The van der Waals surface area contributed by atoms with Crippen LogP contribution in [-0.2, 0) is 6.54 Å². The van der Waals surface area contributed by atoms with E-state index in [1.54, 1.807) is 0 Å². The van der Waals surface area contributed by atoms with Crippen LogP contribution in [0.1, 0.15) is 38.2 Å². The van der Waals surface area contributed by atoms with Crippen molar-refractivity contribution in [1.29, 1.82) is 0 Å². The first kappa shape index (κ1) is 13.8. The lowest BCUT2D eigenvalue weighted by atomic mass is 10.2. The van der Waals surface area contributed by atoms with Gasteiger partial charge in [-0.05, 0) is 30.7 Å². The molecule has 0 amide bonds. The van der Waals surface area contributed by atoms with Crippen LogP contribution >= 0.6 is 23.2 Å². The summed E-state index contributed by atoms with van der Waals surface area (Å²) in [6.45, 7) is 4.16. The number of rotatable bonds is 7. The summed E-state index contributed by atoms with van der Waals surface area (Å²) < 4.78 is 0. The molecule has 0 saturated heterocycles. The molecule has 0 atom stereocenters. The van der Waals surface area contributed by atoms with Crippen LogP contribution < -0.4 is 5.32 Å². The minimum Gasteiger partial charge on any atom is -0.313 e. The minimum absolute atomic E-state index is 0.619. The number of halogens is 2. The van der Waals surface area contributed by atoms with E-state index in [9.17, 15) is 0 Å². The van der Waals surface area contributed by atoms with E-state index in [1.807, 2.05) is 18.2 Å². The van der Waals surface area contributed by atoms with Gasteiger partial charge in [0.05, 0.1) is 10.0 Å². The van der Waals surface area contributed by atoms with Gasteiger partial charge in [-0.2, -0.15) is 0 Å². The number of unbranched alkanes of at least 4 members (excludes halogenated alkanes) is 3. The highest BCUT2D eigenvalue weighted by molar-refractivity contribution is 6.42. The summed E-state index contributed by atoms with van der Waals surface area (Å²) in [4.78, 5) is 0. The Bertz CT molecular complexity index is 313. The zero-order valence-corrected chi connectivity index (χ0v) is 11.2. The van der Waals surface area contributed by atoms with Crippen LogP contribution in [0.4, 0.5) is 0 Å². The van der Waals surface area contributed by atoms with Gasteiger partial charge < -0.3 is 5.32 Å². The summed E-state index contributed by atoms with van der Waals surface area (Å²) in [5.74, 6) is 0. The summed E-state index contributed by atoms with van der Waals surface area (Å²) in [5.41, 5.74) is 1.19. The van der Waals surface area contributed by atoms with E-state index in [4.69, 9.17) is 23.2 Å². The molecular formula is C13H19Cl2N. The van der Waals surface area contributed by atoms with Gasteiger partial charge in [0.25, 0.3) is 0 Å². The maximum absolute atomic E-state index is 5.94. The Labute approximate surface area is 108 Å². The molecule has 0 aromatic heterocycles. The monoisotopic (exact) mass is 259 g/mol. The molecule has 3 heteroatoms. The summed E-state index contributed by atoms with van der Waals surface area (Å²) in [6.07, 6.45) is 5.17. The van der Waals surface area contributed by atoms with Crippen LogP contribution in [0.3, 0.4) is 0 Å². The van der Waals surface area contributed by atoms with Gasteiger partial charge in [0, 0.05) is 6.54 Å². The van der Waals surface area contributed by atoms with Crippen LogP contribution in [0.15, 0.2) is 18.2 Å². The van der Waals surface area contributed by atoms with Gasteiger partial charge in [-0.3, -0.25) is 0 Å². The number of benzene rings is 1. The average Bonchev–Trinajstić information content (AvgIpc) is 2.28. The molecule has 0 bridgehead atoms. The molecule has 16 heavy (non-hydrogen) atoms. The molecule has 90 valence electrons. The Kier molecular flexibility index (Phi) is 6.86. The minimum atomic E-state index is 0.619. The highest BCUT2D eigenvalue weighted by Gasteiger charge is 1.98. The van der Waals surface area contributed by atoms with Crippen LogP contribution in [0, 0.1) is 0 Å². The third-order valence-corrected chi connectivity index (χ3v) is 3.26. The largest absolute Gasteiger partial charge is 0.313 e. The van der Waals surface area contributed by atoms with E-state index in [1.165, 1.54) is 31.2 Å². The van der Waals surface area contributed by atoms with Crippen molar-refractivity contribution in [1.82, 2.24) is 5.32 Å². The number of hydrogen-bond donors (Lipinski definition) is 1. The molecule has 1 aromatic rings. The Hall–Kier alpha value is -0.240. The van der Waals surface area contributed by atoms with Crippen molar-refractivity contribution in [2.24, 2.45) is 0 Å². The van der Waals surface area contributed by atoms with E-state index in [0.29, 0.717) is 10.0 Å². The smallest absolute Gasteiger partial charge is 0.0595 e. The van der Waals surface area contributed by atoms with E-state index in [2.05, 4.69) is 12.2 Å². The van der Waals surface area contributed by atoms with Crippen molar-refractivity contribution in [3.63, 3.8) is 0 Å². The molecule has 0 aliphatic heterocycles. The van der Waals surface area contributed by atoms with Crippen molar-refractivity contribution in [3.8, 4) is 0 Å². The topological polar surface area (TPSA) is 12.0 Å². The molecule has 0 heterocycles. The highest BCUT2D eigenvalue weighted by Crippen LogP contribution is 2.22. The lowest BCUT2D eigenvalue weighted by Crippen LogP contribution is -2.14. The highest BCUT2D eigenvalue weighted by atomic mass is 35.5. The molecule has 0 saturated carbocycles. The molecule has 1 N–H and O–H groups in total. The molecule has 1 aromatic carbocycles. The molecule has 0 spiro atoms. The standard InChI is InChI=1S/C13H19Cl2N/c1-2-3-4-5-8-16-10-11-6-7-12(14)13(15)9-11/h6-7,9,16H,2-5,8,10H2,1H3. The first-order valence-electron chi connectivity index (χ1n) is 5.88. The predicted octanol–water partition coefficient (Wildman–Crippen LogP) is 4.66. The molecule has 0 radical (unpaired) electrons. The molecule has 0 aliphatic rings. The first-order chi connectivity index (χ1) is 7.74. The van der Waals surface area contributed by atoms with Gasteiger partial charge in [0.2, 0.25) is 0 Å². The molecule has 0 unspecified atom stereocenters. The van der Waals surface area contributed by atoms with Gasteiger partial charge in [-0.15, -0.1) is 0 Å². The second-order valence-electron chi connectivity index (χ2n) is 3.99. The van der Waals surface area contributed by atoms with Gasteiger partial charge in [0.15, 0.2) is 0 Å². The fourth-order valence-corrected chi connectivity index (χ4v) is 1.88. The van der Waals surface area contributed by atoms with Crippen molar-refractivity contribution in [2.75, 3.05) is 6.54 Å². The third-order valence-electron chi connectivity index (χ3n) is 2.52. The average molecular weight is 260 g/mol. The second kappa shape index (κ2) is 7.94. The Morgan fingerprint density at radius 2 is 1.88 bits per heavy atom. The van der Waals surface area contributed by atoms with Gasteiger partial charge >= 0.3 is 0 Å². The molecule has 1 nitrogen and oxygen atoms in total. The van der Waals surface area contributed by atoms with E-state index in [0.717, 1.165) is 13.1 Å². The quantitative estimate of drug-likeness (QED) is 0.703. The summed E-state index contributed by atoms with van der Waals surface area (Å²) >= 11 is 11.8. The van der Waals surface area contributed by atoms with Crippen LogP contribution in [0.5, 0.6) is 0 Å². The Morgan fingerprint density at radius 1 is 1.06 bits per heavy atom. The zero-order chi connectivity index (χ0) is 11.8. The zero-order valence-electron chi connectivity index (χ0n) is 9.73. The summed E-state index contributed by atoms with van der Waals surface area (Å²) in [5, 5.41) is 4.66. The molecule has 1 rings (SSSR count). The van der Waals surface area contributed by atoms with Gasteiger partial charge in [-0.25, -0.2) is 0 Å². The SMILES string of the molecule is CCCCCCNCc1ccc(Cl)c(Cl)c1. The summed E-state index contributed by atoms with van der Waals surface area (Å²) in [7, 11) is 0. The van der Waals surface area contributed by atoms with Gasteiger partial charge in [-0.1, -0.05) is 55.5 Å². The lowest BCUT2D eigenvalue weighted by molar-refractivity contribution is 0.598. The fraction of sp³-hybridized carbons (Fsp3) is 0.538. The lowest BCUT2D eigenvalue weighted by Gasteiger charge is -2.05. The van der Waals surface area contributed by atoms with Crippen LogP contribution in [0.2, 0.25) is 10.0 Å². The van der Waals surface area contributed by atoms with Crippen LogP contribution in [0.25, 0.3) is 0 Å². The molecule has 0 aliphatic carbocycles. The predicted molar refractivity (Wildman–Crippen MR) is 72.3 cm³/mol. The van der Waals surface area contributed by atoms with E-state index in [-0.39, 0.29) is 0 Å². The van der Waals surface area contributed by atoms with Crippen molar-refractivity contribution in [3.05, 3.63) is 33.8 Å². The first-order valence-corrected chi connectivity index (χ1v) is 6.64. The normalized spacial score (nSPS) is 10.7. The molecular weight excluding hydrogens is 241 g/mol. The maximum atomic E-state index is 5.94. The second-order valence-corrected chi connectivity index (χ2v) is 4.80. The molecule has 0 fully saturated rings. The van der Waals surface area contributed by atoms with Crippen molar-refractivity contribution < 1.29 is 0 Å². The number of hydrogen-bond acceptors (Lipinski definition) is 1. The van der Waals surface area contributed by atoms with Crippen molar-refractivity contribution in [2.45, 2.75) is 39.2 Å². The Balaban J connectivity index is 2.19. The van der Waals surface area contributed by atoms with Crippen molar-refractivity contribution >= 4 is 23.2 Å². The third kappa shape index (κ3) is 5.20. The summed E-state index contributed by atoms with van der Waals surface area (Å²) in [6, 6.07) is 5.77.